The fourth-order valence-electron chi connectivity index (χ4n) is 4.73. The van der Waals surface area contributed by atoms with Crippen LogP contribution in [0, 0.1) is 0 Å². The SMILES string of the molecule is CCCOc1cccc(/C(O)=C2\C(=O)C(=O)N(c3ccc(N(C)C)cc3)C2c2c[nH]c3ccccc23)c1. The van der Waals surface area contributed by atoms with Gasteiger partial charge in [-0.3, -0.25) is 14.5 Å². The van der Waals surface area contributed by atoms with Gasteiger partial charge in [0, 0.05) is 53.7 Å². The molecule has 1 unspecified atom stereocenters. The van der Waals surface area contributed by atoms with E-state index in [9.17, 15) is 14.7 Å². The average molecular weight is 496 g/mol. The summed E-state index contributed by atoms with van der Waals surface area (Å²) in [6, 6.07) is 21.3. The Morgan fingerprint density at radius 2 is 1.78 bits per heavy atom. The van der Waals surface area contributed by atoms with Gasteiger partial charge in [-0.2, -0.15) is 0 Å². The van der Waals surface area contributed by atoms with E-state index >= 15 is 0 Å². The van der Waals surface area contributed by atoms with Crippen molar-refractivity contribution in [3.63, 3.8) is 0 Å². The number of nitrogens with one attached hydrogen (secondary N) is 1. The van der Waals surface area contributed by atoms with E-state index in [0.29, 0.717) is 23.6 Å². The van der Waals surface area contributed by atoms with E-state index in [4.69, 9.17) is 4.74 Å². The van der Waals surface area contributed by atoms with Crippen LogP contribution in [0.15, 0.2) is 84.6 Å². The lowest BCUT2D eigenvalue weighted by Gasteiger charge is -2.25. The normalized spacial score (nSPS) is 16.9. The third-order valence-corrected chi connectivity index (χ3v) is 6.58. The largest absolute Gasteiger partial charge is 0.507 e. The fourth-order valence-corrected chi connectivity index (χ4v) is 4.73. The molecule has 0 bridgehead atoms. The van der Waals surface area contributed by atoms with Crippen LogP contribution < -0.4 is 14.5 Å². The van der Waals surface area contributed by atoms with E-state index in [1.54, 1.807) is 30.5 Å². The van der Waals surface area contributed by atoms with Crippen LogP contribution in [-0.2, 0) is 9.59 Å². The molecule has 1 amide bonds. The molecule has 0 radical (unpaired) electrons. The van der Waals surface area contributed by atoms with E-state index in [1.807, 2.05) is 74.4 Å². The molecule has 2 N–H and O–H groups in total. The van der Waals surface area contributed by atoms with Crippen molar-refractivity contribution in [1.82, 2.24) is 4.98 Å². The molecule has 1 atom stereocenters. The molecule has 2 heterocycles. The quantitative estimate of drug-likeness (QED) is 0.197. The van der Waals surface area contributed by atoms with Crippen molar-refractivity contribution in [2.45, 2.75) is 19.4 Å². The average Bonchev–Trinajstić information content (AvgIpc) is 3.45. The number of para-hydroxylation sites is 1. The number of ether oxygens (including phenoxy) is 1. The summed E-state index contributed by atoms with van der Waals surface area (Å²) in [7, 11) is 3.87. The highest BCUT2D eigenvalue weighted by Gasteiger charge is 2.47. The topological polar surface area (TPSA) is 85.9 Å². The Labute approximate surface area is 215 Å². The maximum Gasteiger partial charge on any atom is 0.300 e. The molecule has 1 fully saturated rings. The Balaban J connectivity index is 1.70. The van der Waals surface area contributed by atoms with Crippen LogP contribution in [0.5, 0.6) is 5.75 Å². The van der Waals surface area contributed by atoms with Gasteiger partial charge in [0.2, 0.25) is 0 Å². The zero-order chi connectivity index (χ0) is 26.1. The van der Waals surface area contributed by atoms with Crippen molar-refractivity contribution in [2.75, 3.05) is 30.5 Å². The smallest absolute Gasteiger partial charge is 0.300 e. The minimum absolute atomic E-state index is 0.0408. The van der Waals surface area contributed by atoms with Gasteiger partial charge in [-0.15, -0.1) is 0 Å². The number of aromatic nitrogens is 1. The summed E-state index contributed by atoms with van der Waals surface area (Å²) in [6.45, 7) is 2.55. The van der Waals surface area contributed by atoms with Crippen molar-refractivity contribution in [2.24, 2.45) is 0 Å². The number of nitrogens with zero attached hydrogens (tertiary/aromatic N) is 2. The van der Waals surface area contributed by atoms with Crippen molar-refractivity contribution < 1.29 is 19.4 Å². The van der Waals surface area contributed by atoms with Crippen molar-refractivity contribution in [3.05, 3.63) is 95.7 Å². The van der Waals surface area contributed by atoms with Crippen LogP contribution in [0.1, 0.15) is 30.5 Å². The number of ketones is 1. The van der Waals surface area contributed by atoms with Crippen LogP contribution in [0.3, 0.4) is 0 Å². The molecule has 5 rings (SSSR count). The first-order valence-corrected chi connectivity index (χ1v) is 12.3. The molecule has 1 aliphatic heterocycles. The number of carbonyl (C=O) groups excluding carboxylic acids is 2. The van der Waals surface area contributed by atoms with Gasteiger partial charge in [-0.1, -0.05) is 37.3 Å². The molecular weight excluding hydrogens is 466 g/mol. The van der Waals surface area contributed by atoms with E-state index in [1.165, 1.54) is 4.90 Å². The first kappa shape index (κ1) is 24.2. The van der Waals surface area contributed by atoms with Gasteiger partial charge in [0.1, 0.15) is 11.5 Å². The highest BCUT2D eigenvalue weighted by atomic mass is 16.5. The van der Waals surface area contributed by atoms with Crippen molar-refractivity contribution >= 4 is 39.7 Å². The standard InChI is InChI=1S/C30H29N3O4/c1-4-16-37-22-9-7-8-19(17-22)28(34)26-27(24-18-31-25-11-6-5-10-23(24)25)33(30(36)29(26)35)21-14-12-20(13-15-21)32(2)3/h5-15,17-18,27,31,34H,4,16H2,1-3H3/b28-26+. The Morgan fingerprint density at radius 1 is 1.03 bits per heavy atom. The minimum Gasteiger partial charge on any atom is -0.507 e. The zero-order valence-electron chi connectivity index (χ0n) is 21.1. The van der Waals surface area contributed by atoms with Gasteiger partial charge in [0.15, 0.2) is 0 Å². The van der Waals surface area contributed by atoms with Crippen molar-refractivity contribution in [3.8, 4) is 5.75 Å². The number of fused-ring (bicyclic) bond motifs is 1. The fraction of sp³-hybridized carbons (Fsp3) is 0.200. The second-order valence-corrected chi connectivity index (χ2v) is 9.25. The molecular formula is C30H29N3O4. The summed E-state index contributed by atoms with van der Waals surface area (Å²) in [6.07, 6.45) is 2.64. The number of hydrogen-bond donors (Lipinski definition) is 2. The van der Waals surface area contributed by atoms with E-state index in [2.05, 4.69) is 4.98 Å². The zero-order valence-corrected chi connectivity index (χ0v) is 21.1. The van der Waals surface area contributed by atoms with Crippen LogP contribution in [0.4, 0.5) is 11.4 Å². The van der Waals surface area contributed by atoms with Gasteiger partial charge in [0.05, 0.1) is 18.2 Å². The minimum atomic E-state index is -0.818. The first-order valence-electron chi connectivity index (χ1n) is 12.3. The van der Waals surface area contributed by atoms with E-state index < -0.39 is 17.7 Å². The predicted molar refractivity (Wildman–Crippen MR) is 146 cm³/mol. The highest BCUT2D eigenvalue weighted by molar-refractivity contribution is 6.51. The number of carbonyl (C=O) groups is 2. The molecule has 1 aromatic heterocycles. The maximum atomic E-state index is 13.5. The molecule has 3 aromatic carbocycles. The maximum absolute atomic E-state index is 13.5. The van der Waals surface area contributed by atoms with E-state index in [-0.39, 0.29) is 11.3 Å². The lowest BCUT2D eigenvalue weighted by Crippen LogP contribution is -2.29. The van der Waals surface area contributed by atoms with Crippen LogP contribution in [-0.4, -0.2) is 42.5 Å². The molecule has 188 valence electrons. The third-order valence-electron chi connectivity index (χ3n) is 6.58. The lowest BCUT2D eigenvalue weighted by atomic mass is 9.94. The van der Waals surface area contributed by atoms with Crippen LogP contribution >= 0.6 is 0 Å². The number of hydrogen-bond acceptors (Lipinski definition) is 5. The number of amides is 1. The predicted octanol–water partition coefficient (Wildman–Crippen LogP) is 5.65. The van der Waals surface area contributed by atoms with Gasteiger partial charge < -0.3 is 19.7 Å². The van der Waals surface area contributed by atoms with Gasteiger partial charge in [0.25, 0.3) is 11.7 Å². The Hall–Kier alpha value is -4.52. The number of aliphatic hydroxyl groups is 1. The number of Topliss-reactive ketones (excluding diaryl/α,β-unsaturated/α-hetero) is 1. The third kappa shape index (κ3) is 4.33. The van der Waals surface area contributed by atoms with Gasteiger partial charge >= 0.3 is 0 Å². The number of anilines is 2. The summed E-state index contributed by atoms with van der Waals surface area (Å²) in [5, 5.41) is 12.4. The summed E-state index contributed by atoms with van der Waals surface area (Å²) >= 11 is 0. The highest BCUT2D eigenvalue weighted by Crippen LogP contribution is 2.44. The Morgan fingerprint density at radius 3 is 2.51 bits per heavy atom. The molecule has 0 saturated carbocycles. The number of H-pyrrole nitrogens is 1. The Kier molecular flexibility index (Phi) is 6.44. The number of aliphatic hydroxyl groups excluding tert-OH is 1. The summed E-state index contributed by atoms with van der Waals surface area (Å²) < 4.78 is 5.73. The van der Waals surface area contributed by atoms with E-state index in [0.717, 1.165) is 28.6 Å². The van der Waals surface area contributed by atoms with Crippen molar-refractivity contribution in [1.29, 1.82) is 0 Å². The molecule has 1 aliphatic rings. The van der Waals surface area contributed by atoms with Gasteiger partial charge in [-0.25, -0.2) is 0 Å². The number of aromatic amines is 1. The molecule has 7 nitrogen and oxygen atoms in total. The molecule has 0 aliphatic carbocycles. The molecule has 7 heteroatoms. The lowest BCUT2D eigenvalue weighted by molar-refractivity contribution is -0.132. The monoisotopic (exact) mass is 495 g/mol. The van der Waals surface area contributed by atoms with Gasteiger partial charge in [-0.05, 0) is 48.9 Å². The summed E-state index contributed by atoms with van der Waals surface area (Å²) in [5.74, 6) is -1.07. The second kappa shape index (κ2) is 9.85. The van der Waals surface area contributed by atoms with Crippen LogP contribution in [0.2, 0.25) is 0 Å². The van der Waals surface area contributed by atoms with Crippen LogP contribution in [0.25, 0.3) is 16.7 Å². The summed E-state index contributed by atoms with van der Waals surface area (Å²) in [5.41, 5.74) is 3.60. The molecule has 1 saturated heterocycles. The Bertz CT molecular complexity index is 1500. The second-order valence-electron chi connectivity index (χ2n) is 9.25. The summed E-state index contributed by atoms with van der Waals surface area (Å²) in [4.78, 5) is 33.7. The molecule has 4 aromatic rings. The number of rotatable bonds is 7. The molecule has 37 heavy (non-hydrogen) atoms. The first-order chi connectivity index (χ1) is 17.9. The number of benzene rings is 3. The molecule has 0 spiro atoms.